The molecule has 5 rings (SSSR count). The minimum absolute atomic E-state index is 0.0292. The smallest absolute Gasteiger partial charge is 0.118 e. The molecule has 1 aliphatic carbocycles. The molecular formula is C31H44N6O2. The van der Waals surface area contributed by atoms with Crippen LogP contribution >= 0.6 is 0 Å². The molecule has 0 spiro atoms. The lowest BCUT2D eigenvalue weighted by atomic mass is 9.89. The van der Waals surface area contributed by atoms with E-state index >= 15 is 0 Å². The van der Waals surface area contributed by atoms with Gasteiger partial charge in [-0.15, -0.1) is 0 Å². The van der Waals surface area contributed by atoms with E-state index in [2.05, 4.69) is 65.3 Å². The maximum Gasteiger partial charge on any atom is 0.118 e. The maximum absolute atomic E-state index is 10.7. The summed E-state index contributed by atoms with van der Waals surface area (Å²) in [6, 6.07) is 13.0. The zero-order chi connectivity index (χ0) is 27.5. The van der Waals surface area contributed by atoms with Gasteiger partial charge < -0.3 is 19.3 Å². The molecule has 1 aliphatic heterocycles. The van der Waals surface area contributed by atoms with E-state index in [4.69, 9.17) is 14.7 Å². The predicted octanol–water partition coefficient (Wildman–Crippen LogP) is 4.49. The van der Waals surface area contributed by atoms with Gasteiger partial charge in [0.05, 0.1) is 43.0 Å². The van der Waals surface area contributed by atoms with Crippen LogP contribution in [-0.4, -0.2) is 74.7 Å². The quantitative estimate of drug-likeness (QED) is 0.435. The normalized spacial score (nSPS) is 20.1. The van der Waals surface area contributed by atoms with E-state index in [1.54, 1.807) is 7.11 Å². The van der Waals surface area contributed by atoms with Crippen LogP contribution in [0.2, 0.25) is 0 Å². The molecule has 0 saturated carbocycles. The van der Waals surface area contributed by atoms with Crippen molar-refractivity contribution >= 4 is 0 Å². The molecule has 210 valence electrons. The molecule has 0 bridgehead atoms. The fourth-order valence-electron chi connectivity index (χ4n) is 6.47. The highest BCUT2D eigenvalue weighted by Gasteiger charge is 2.33. The van der Waals surface area contributed by atoms with Crippen LogP contribution < -0.4 is 4.74 Å². The summed E-state index contributed by atoms with van der Waals surface area (Å²) in [4.78, 5) is 17.4. The number of pyridine rings is 1. The van der Waals surface area contributed by atoms with Crippen LogP contribution in [0.25, 0.3) is 0 Å². The average molecular weight is 533 g/mol. The van der Waals surface area contributed by atoms with E-state index in [1.807, 2.05) is 24.4 Å². The van der Waals surface area contributed by atoms with Crippen LogP contribution in [0.1, 0.15) is 79.0 Å². The Morgan fingerprint density at radius 3 is 2.54 bits per heavy atom. The number of rotatable bonds is 9. The van der Waals surface area contributed by atoms with Crippen molar-refractivity contribution in [1.82, 2.24) is 29.2 Å². The number of fused-ring (bicyclic) bond motifs is 1. The summed E-state index contributed by atoms with van der Waals surface area (Å²) in [5, 5.41) is 10.7. The minimum atomic E-state index is -0.0292. The van der Waals surface area contributed by atoms with Gasteiger partial charge in [0.15, 0.2) is 0 Å². The zero-order valence-corrected chi connectivity index (χ0v) is 24.2. The van der Waals surface area contributed by atoms with E-state index in [0.29, 0.717) is 6.54 Å². The number of benzene rings is 1. The van der Waals surface area contributed by atoms with E-state index < -0.39 is 0 Å². The largest absolute Gasteiger partial charge is 0.497 e. The molecule has 3 heterocycles. The second-order valence-electron chi connectivity index (χ2n) is 11.1. The summed E-state index contributed by atoms with van der Waals surface area (Å²) in [5.41, 5.74) is 5.62. The number of aromatic nitrogens is 3. The summed E-state index contributed by atoms with van der Waals surface area (Å²) in [7, 11) is 3.88. The van der Waals surface area contributed by atoms with Crippen molar-refractivity contribution in [2.75, 3.05) is 40.3 Å². The van der Waals surface area contributed by atoms with Crippen molar-refractivity contribution in [3.63, 3.8) is 0 Å². The second-order valence-corrected chi connectivity index (χ2v) is 11.1. The van der Waals surface area contributed by atoms with E-state index in [0.717, 1.165) is 68.4 Å². The van der Waals surface area contributed by atoms with Crippen molar-refractivity contribution in [3.8, 4) is 5.75 Å². The zero-order valence-electron chi connectivity index (χ0n) is 24.2. The number of methoxy groups -OCH3 is 1. The van der Waals surface area contributed by atoms with Gasteiger partial charge in [0.25, 0.3) is 0 Å². The van der Waals surface area contributed by atoms with Crippen molar-refractivity contribution < 1.29 is 9.84 Å². The van der Waals surface area contributed by atoms with Gasteiger partial charge in [0.2, 0.25) is 0 Å². The number of hydrogen-bond donors (Lipinski definition) is 1. The molecule has 1 aromatic carbocycles. The molecule has 2 aromatic heterocycles. The lowest BCUT2D eigenvalue weighted by molar-refractivity contribution is 0.0804. The van der Waals surface area contributed by atoms with Crippen molar-refractivity contribution in [2.45, 2.75) is 71.4 Å². The Hall–Kier alpha value is -2.78. The van der Waals surface area contributed by atoms with Crippen LogP contribution in [0.3, 0.4) is 0 Å². The van der Waals surface area contributed by atoms with Crippen LogP contribution in [0.15, 0.2) is 42.6 Å². The Balaban J connectivity index is 1.50. The summed E-state index contributed by atoms with van der Waals surface area (Å²) in [5.74, 6) is 1.82. The minimum Gasteiger partial charge on any atom is -0.497 e. The number of likely N-dealkylation sites (N-methyl/N-ethyl adjacent to an activating group) is 1. The first kappa shape index (κ1) is 27.8. The predicted molar refractivity (Wildman–Crippen MR) is 154 cm³/mol. The summed E-state index contributed by atoms with van der Waals surface area (Å²) in [6.07, 6.45) is 5.32. The topological polar surface area (TPSA) is 69.9 Å². The number of aryl methyl sites for hydroxylation is 2. The molecule has 1 saturated heterocycles. The molecule has 3 atom stereocenters. The number of ether oxygens (including phenoxy) is 1. The second kappa shape index (κ2) is 12.2. The molecule has 1 fully saturated rings. The molecule has 8 heteroatoms. The standard InChI is InChI=1S/C31H44N6O2/c1-22(25-11-13-27(39-5)14-12-25)36(29-10-6-8-26-9-7-15-32-31(26)29)20-28-30(21-38)37(23(2)33-28)24(3)35-18-16-34(4)17-19-35/h7,9,11-15,22,24,29,38H,6,8,10,16-21H2,1-5H3/t22-,24?,29-/m0/s1. The van der Waals surface area contributed by atoms with Crippen molar-refractivity contribution in [2.24, 2.45) is 0 Å². The molecule has 2 aliphatic rings. The molecular weight excluding hydrogens is 488 g/mol. The lowest BCUT2D eigenvalue weighted by Crippen LogP contribution is -2.47. The van der Waals surface area contributed by atoms with Crippen LogP contribution in [-0.2, 0) is 19.6 Å². The van der Waals surface area contributed by atoms with Crippen LogP contribution in [0, 0.1) is 6.92 Å². The Kier molecular flexibility index (Phi) is 8.67. The Labute approximate surface area is 233 Å². The summed E-state index contributed by atoms with van der Waals surface area (Å²) >= 11 is 0. The average Bonchev–Trinajstić information content (AvgIpc) is 3.29. The molecule has 39 heavy (non-hydrogen) atoms. The SMILES string of the molecule is COc1ccc([C@H](C)N(Cc2nc(C)n(C(C)N3CCN(C)CC3)c2CO)[C@H]2CCCc3cccnc32)cc1. The Bertz CT molecular complexity index is 1230. The number of nitrogens with zero attached hydrogens (tertiary/aromatic N) is 6. The third kappa shape index (κ3) is 5.75. The fraction of sp³-hybridized carbons (Fsp3) is 0.548. The maximum atomic E-state index is 10.7. The highest BCUT2D eigenvalue weighted by Crippen LogP contribution is 2.39. The summed E-state index contributed by atoms with van der Waals surface area (Å²) < 4.78 is 7.68. The first-order valence-corrected chi connectivity index (χ1v) is 14.3. The number of piperazine rings is 1. The van der Waals surface area contributed by atoms with Crippen LogP contribution in [0.4, 0.5) is 0 Å². The molecule has 8 nitrogen and oxygen atoms in total. The number of imidazole rings is 1. The summed E-state index contributed by atoms with van der Waals surface area (Å²) in [6.45, 7) is 11.3. The van der Waals surface area contributed by atoms with Gasteiger partial charge in [-0.3, -0.25) is 14.8 Å². The number of hydrogen-bond acceptors (Lipinski definition) is 7. The Morgan fingerprint density at radius 1 is 1.10 bits per heavy atom. The van der Waals surface area contributed by atoms with Crippen molar-refractivity contribution in [1.29, 1.82) is 0 Å². The fourth-order valence-corrected chi connectivity index (χ4v) is 6.47. The van der Waals surface area contributed by atoms with E-state index in [1.165, 1.54) is 16.8 Å². The number of aliphatic hydroxyl groups excluding tert-OH is 1. The molecule has 1 unspecified atom stereocenters. The lowest BCUT2D eigenvalue weighted by Gasteiger charge is -2.39. The third-order valence-corrected chi connectivity index (χ3v) is 8.85. The highest BCUT2D eigenvalue weighted by molar-refractivity contribution is 5.31. The van der Waals surface area contributed by atoms with Gasteiger partial charge in [-0.1, -0.05) is 18.2 Å². The highest BCUT2D eigenvalue weighted by atomic mass is 16.5. The molecule has 3 aromatic rings. The molecule has 0 radical (unpaired) electrons. The van der Waals surface area contributed by atoms with Gasteiger partial charge in [-0.25, -0.2) is 4.98 Å². The monoisotopic (exact) mass is 532 g/mol. The molecule has 1 N–H and O–H groups in total. The van der Waals surface area contributed by atoms with Gasteiger partial charge in [0.1, 0.15) is 11.6 Å². The van der Waals surface area contributed by atoms with Gasteiger partial charge in [0, 0.05) is 45.0 Å². The van der Waals surface area contributed by atoms with Gasteiger partial charge in [-0.2, -0.15) is 0 Å². The number of aliphatic hydroxyl groups is 1. The van der Waals surface area contributed by atoms with E-state index in [9.17, 15) is 5.11 Å². The van der Waals surface area contributed by atoms with Crippen molar-refractivity contribution in [3.05, 3.63) is 76.6 Å². The first-order valence-electron chi connectivity index (χ1n) is 14.3. The Morgan fingerprint density at radius 2 is 1.85 bits per heavy atom. The van der Waals surface area contributed by atoms with Gasteiger partial charge in [-0.05, 0) is 76.4 Å². The van der Waals surface area contributed by atoms with E-state index in [-0.39, 0.29) is 24.9 Å². The third-order valence-electron chi connectivity index (χ3n) is 8.85. The van der Waals surface area contributed by atoms with Gasteiger partial charge >= 0.3 is 0 Å². The molecule has 0 amide bonds. The first-order chi connectivity index (χ1) is 18.9. The van der Waals surface area contributed by atoms with Crippen LogP contribution in [0.5, 0.6) is 5.75 Å².